The van der Waals surface area contributed by atoms with Crippen LogP contribution < -0.4 is 0 Å². The Morgan fingerprint density at radius 1 is 1.12 bits per heavy atom. The molecule has 0 aliphatic carbocycles. The van der Waals surface area contributed by atoms with E-state index in [9.17, 15) is 4.79 Å². The van der Waals surface area contributed by atoms with Gasteiger partial charge < -0.3 is 4.74 Å². The minimum absolute atomic E-state index is 0.0904. The first-order valence-corrected chi connectivity index (χ1v) is 11.8. The summed E-state index contributed by atoms with van der Waals surface area (Å²) in [6, 6.07) is 22.9. The molecule has 2 aromatic carbocycles. The summed E-state index contributed by atoms with van der Waals surface area (Å²) in [6.45, 7) is 7.76. The first-order valence-electron chi connectivity index (χ1n) is 11.8. The molecule has 170 valence electrons. The van der Waals surface area contributed by atoms with Crippen molar-refractivity contribution in [2.45, 2.75) is 38.3 Å². The van der Waals surface area contributed by atoms with Crippen LogP contribution in [-0.4, -0.2) is 29.0 Å². The lowest BCUT2D eigenvalue weighted by molar-refractivity contribution is -0.153. The van der Waals surface area contributed by atoms with Gasteiger partial charge in [0.1, 0.15) is 6.61 Å². The maximum absolute atomic E-state index is 13.6. The molecule has 4 heteroatoms. The van der Waals surface area contributed by atoms with Gasteiger partial charge in [-0.1, -0.05) is 80.2 Å². The van der Waals surface area contributed by atoms with Gasteiger partial charge in [-0.15, -0.1) is 0 Å². The lowest BCUT2D eigenvalue weighted by atomic mass is 9.72. The zero-order valence-corrected chi connectivity index (χ0v) is 19.3. The molecule has 3 atom stereocenters. The lowest BCUT2D eigenvalue weighted by Gasteiger charge is -2.45. The predicted molar refractivity (Wildman–Crippen MR) is 132 cm³/mol. The normalized spacial score (nSPS) is 20.8. The molecule has 2 heterocycles. The zero-order chi connectivity index (χ0) is 23.0. The predicted octanol–water partition coefficient (Wildman–Crippen LogP) is 5.72. The van der Waals surface area contributed by atoms with Crippen molar-refractivity contribution in [3.8, 4) is 0 Å². The second kappa shape index (κ2) is 11.1. The summed E-state index contributed by atoms with van der Waals surface area (Å²) >= 11 is 0. The van der Waals surface area contributed by atoms with Crippen molar-refractivity contribution in [3.63, 3.8) is 0 Å². The fourth-order valence-corrected chi connectivity index (χ4v) is 5.14. The first kappa shape index (κ1) is 22.9. The summed E-state index contributed by atoms with van der Waals surface area (Å²) in [7, 11) is 0. The van der Waals surface area contributed by atoms with E-state index in [0.717, 1.165) is 37.1 Å². The van der Waals surface area contributed by atoms with Crippen LogP contribution in [0.2, 0.25) is 0 Å². The third-order valence-electron chi connectivity index (χ3n) is 6.59. The molecule has 1 saturated heterocycles. The quantitative estimate of drug-likeness (QED) is 0.332. The first-order chi connectivity index (χ1) is 16.2. The van der Waals surface area contributed by atoms with Gasteiger partial charge in [-0.25, -0.2) is 0 Å². The van der Waals surface area contributed by atoms with Crippen LogP contribution in [0.3, 0.4) is 0 Å². The highest BCUT2D eigenvalue weighted by atomic mass is 16.5. The van der Waals surface area contributed by atoms with Crippen LogP contribution in [0.5, 0.6) is 0 Å². The van der Waals surface area contributed by atoms with Gasteiger partial charge >= 0.3 is 5.97 Å². The van der Waals surface area contributed by atoms with Gasteiger partial charge in [0.05, 0.1) is 5.92 Å². The van der Waals surface area contributed by atoms with Gasteiger partial charge in [0.15, 0.2) is 0 Å². The van der Waals surface area contributed by atoms with Crippen LogP contribution in [0.15, 0.2) is 91.8 Å². The number of carbonyl (C=O) groups excluding carboxylic acids is 1. The van der Waals surface area contributed by atoms with Crippen LogP contribution in [0, 0.1) is 5.92 Å². The second-order valence-electron chi connectivity index (χ2n) is 8.58. The minimum Gasteiger partial charge on any atom is -0.461 e. The number of carbonyl (C=O) groups is 1. The van der Waals surface area contributed by atoms with Crippen LogP contribution in [-0.2, 0) is 22.5 Å². The number of pyridine rings is 1. The van der Waals surface area contributed by atoms with Gasteiger partial charge in [0.2, 0.25) is 0 Å². The highest BCUT2D eigenvalue weighted by molar-refractivity contribution is 5.75. The molecule has 4 nitrogen and oxygen atoms in total. The Bertz CT molecular complexity index is 1050. The Hall–Kier alpha value is -3.24. The Morgan fingerprint density at radius 3 is 2.64 bits per heavy atom. The van der Waals surface area contributed by atoms with E-state index >= 15 is 0 Å². The number of hydrogen-bond donors (Lipinski definition) is 0. The number of rotatable bonds is 8. The summed E-state index contributed by atoms with van der Waals surface area (Å²) in [5.41, 5.74) is 4.85. The number of benzene rings is 2. The summed E-state index contributed by atoms with van der Waals surface area (Å²) in [4.78, 5) is 20.3. The molecule has 33 heavy (non-hydrogen) atoms. The van der Waals surface area contributed by atoms with Gasteiger partial charge in [-0.05, 0) is 47.7 Å². The van der Waals surface area contributed by atoms with Crippen molar-refractivity contribution >= 4 is 5.97 Å². The number of aromatic nitrogens is 1. The molecule has 0 bridgehead atoms. The third-order valence-corrected chi connectivity index (χ3v) is 6.59. The Morgan fingerprint density at radius 2 is 1.91 bits per heavy atom. The standard InChI is InChI=1S/C29H32N2O2/c1-3-19-33-29(32)27-26(25-15-9-8-12-23(25)4-2)16-18-31(21-22-11-10-17-30-20-22)28(27)24-13-6-5-7-14-24/h3,5-15,17,20,26-28H,1,4,16,18-19,21H2,2H3/t26-,27-,28-/m0/s1. The summed E-state index contributed by atoms with van der Waals surface area (Å²) in [5, 5.41) is 0. The van der Waals surface area contributed by atoms with Crippen molar-refractivity contribution < 1.29 is 9.53 Å². The van der Waals surface area contributed by atoms with E-state index < -0.39 is 0 Å². The molecule has 0 unspecified atom stereocenters. The largest absolute Gasteiger partial charge is 0.461 e. The van der Waals surface area contributed by atoms with E-state index in [2.05, 4.69) is 65.9 Å². The Kier molecular flexibility index (Phi) is 7.69. The van der Waals surface area contributed by atoms with E-state index in [1.807, 2.05) is 30.5 Å². The van der Waals surface area contributed by atoms with Crippen molar-refractivity contribution in [1.29, 1.82) is 0 Å². The third kappa shape index (κ3) is 5.23. The van der Waals surface area contributed by atoms with Gasteiger partial charge in [-0.3, -0.25) is 14.7 Å². The number of nitrogens with zero attached hydrogens (tertiary/aromatic N) is 2. The molecule has 3 aromatic rings. The number of ether oxygens (including phenoxy) is 1. The average molecular weight is 441 g/mol. The SMILES string of the molecule is C=CCOC(=O)[C@H]1[C@H](c2ccccc2CC)CCN(Cc2cccnc2)[C@H]1c1ccccc1. The van der Waals surface area contributed by atoms with Crippen molar-refractivity contribution in [2.24, 2.45) is 5.92 Å². The molecule has 1 fully saturated rings. The van der Waals surface area contributed by atoms with E-state index in [-0.39, 0.29) is 30.5 Å². The lowest BCUT2D eigenvalue weighted by Crippen LogP contribution is -2.46. The second-order valence-corrected chi connectivity index (χ2v) is 8.58. The molecule has 1 aromatic heterocycles. The molecule has 0 spiro atoms. The minimum atomic E-state index is -0.314. The highest BCUT2D eigenvalue weighted by Gasteiger charge is 2.45. The fraction of sp³-hybridized carbons (Fsp3) is 0.310. The number of esters is 1. The van der Waals surface area contributed by atoms with Crippen LogP contribution >= 0.6 is 0 Å². The summed E-state index contributed by atoms with van der Waals surface area (Å²) in [6.07, 6.45) is 7.18. The van der Waals surface area contributed by atoms with Gasteiger partial charge in [0, 0.05) is 30.9 Å². The number of aryl methyl sites for hydroxylation is 1. The monoisotopic (exact) mass is 440 g/mol. The summed E-state index contributed by atoms with van der Waals surface area (Å²) in [5.74, 6) is -0.380. The summed E-state index contributed by atoms with van der Waals surface area (Å²) < 4.78 is 5.71. The number of hydrogen-bond acceptors (Lipinski definition) is 4. The van der Waals surface area contributed by atoms with Gasteiger partial charge in [-0.2, -0.15) is 0 Å². The molecule has 4 rings (SSSR count). The topological polar surface area (TPSA) is 42.4 Å². The van der Waals surface area contributed by atoms with Crippen LogP contribution in [0.25, 0.3) is 0 Å². The van der Waals surface area contributed by atoms with E-state index in [1.54, 1.807) is 12.3 Å². The molecule has 1 aliphatic heterocycles. The number of likely N-dealkylation sites (tertiary alicyclic amines) is 1. The number of piperidine rings is 1. The molecular weight excluding hydrogens is 408 g/mol. The van der Waals surface area contributed by atoms with Crippen LogP contribution in [0.1, 0.15) is 47.6 Å². The van der Waals surface area contributed by atoms with E-state index in [4.69, 9.17) is 4.74 Å². The zero-order valence-electron chi connectivity index (χ0n) is 19.3. The van der Waals surface area contributed by atoms with E-state index in [1.165, 1.54) is 11.1 Å². The van der Waals surface area contributed by atoms with Crippen molar-refractivity contribution in [3.05, 3.63) is 114 Å². The fourth-order valence-electron chi connectivity index (χ4n) is 5.14. The molecule has 0 saturated carbocycles. The molecule has 1 aliphatic rings. The molecule has 0 radical (unpaired) electrons. The van der Waals surface area contributed by atoms with Gasteiger partial charge in [0.25, 0.3) is 0 Å². The van der Waals surface area contributed by atoms with Crippen molar-refractivity contribution in [2.75, 3.05) is 13.2 Å². The Balaban J connectivity index is 1.79. The molecule has 0 amide bonds. The molecular formula is C29H32N2O2. The van der Waals surface area contributed by atoms with E-state index in [0.29, 0.717) is 0 Å². The smallest absolute Gasteiger partial charge is 0.311 e. The van der Waals surface area contributed by atoms with Crippen LogP contribution in [0.4, 0.5) is 0 Å². The van der Waals surface area contributed by atoms with Crippen molar-refractivity contribution in [1.82, 2.24) is 9.88 Å². The molecule has 0 N–H and O–H groups in total. The average Bonchev–Trinajstić information content (AvgIpc) is 2.88. The highest BCUT2D eigenvalue weighted by Crippen LogP contribution is 2.46. The Labute approximate surface area is 196 Å². The maximum atomic E-state index is 13.6. The maximum Gasteiger partial charge on any atom is 0.311 e.